The summed E-state index contributed by atoms with van der Waals surface area (Å²) in [6, 6.07) is 5.81. The van der Waals surface area contributed by atoms with E-state index in [1.165, 1.54) is 0 Å². The number of aryl methyl sites for hydroxylation is 2. The van der Waals surface area contributed by atoms with E-state index in [0.29, 0.717) is 31.0 Å². The Kier molecular flexibility index (Phi) is 6.71. The van der Waals surface area contributed by atoms with Crippen molar-refractivity contribution in [3.8, 4) is 0 Å². The smallest absolute Gasteiger partial charge is 0.254 e. The molecule has 1 aromatic heterocycles. The summed E-state index contributed by atoms with van der Waals surface area (Å²) < 4.78 is 1.82. The van der Waals surface area contributed by atoms with Crippen LogP contribution in [0.2, 0.25) is 0 Å². The Morgan fingerprint density at radius 1 is 1.25 bits per heavy atom. The quantitative estimate of drug-likeness (QED) is 0.600. The molecular formula is C28H36N6O2. The third-order valence-electron chi connectivity index (χ3n) is 7.93. The number of aromatic nitrogens is 2. The van der Waals surface area contributed by atoms with Gasteiger partial charge in [0.2, 0.25) is 5.91 Å². The number of piperidine rings is 1. The van der Waals surface area contributed by atoms with Crippen LogP contribution in [-0.2, 0) is 24.9 Å². The maximum atomic E-state index is 13.9. The molecule has 1 atom stereocenters. The van der Waals surface area contributed by atoms with Crippen LogP contribution >= 0.6 is 0 Å². The van der Waals surface area contributed by atoms with E-state index in [1.807, 2.05) is 60.1 Å². The summed E-state index contributed by atoms with van der Waals surface area (Å²) in [5.41, 5.74) is 4.18. The Morgan fingerprint density at radius 3 is 2.83 bits per heavy atom. The molecule has 3 aliphatic rings. The molecule has 1 saturated heterocycles. The summed E-state index contributed by atoms with van der Waals surface area (Å²) in [5, 5.41) is 14.4. The van der Waals surface area contributed by atoms with Crippen molar-refractivity contribution in [2.45, 2.75) is 58.2 Å². The van der Waals surface area contributed by atoms with Gasteiger partial charge in [0.25, 0.3) is 5.91 Å². The van der Waals surface area contributed by atoms with E-state index in [-0.39, 0.29) is 11.8 Å². The SMILES string of the molecule is Cc1cc(C(=O)N2Cc3cnn(C)c3NC3=CC=CCC32C)ccc1CNC(=O)CC1CCNCC1. The number of nitrogens with zero attached hydrogens (tertiary/aromatic N) is 3. The van der Waals surface area contributed by atoms with Crippen molar-refractivity contribution in [2.75, 3.05) is 18.4 Å². The molecule has 0 spiro atoms. The molecule has 1 aromatic carbocycles. The lowest BCUT2D eigenvalue weighted by Gasteiger charge is -2.42. The van der Waals surface area contributed by atoms with E-state index in [9.17, 15) is 9.59 Å². The maximum absolute atomic E-state index is 13.9. The van der Waals surface area contributed by atoms with Crippen LogP contribution in [0.4, 0.5) is 5.82 Å². The van der Waals surface area contributed by atoms with Crippen molar-refractivity contribution in [3.63, 3.8) is 0 Å². The molecule has 36 heavy (non-hydrogen) atoms. The fourth-order valence-corrected chi connectivity index (χ4v) is 5.51. The summed E-state index contributed by atoms with van der Waals surface area (Å²) in [6.45, 7) is 7.06. The standard InChI is InChI=1S/C28H36N6O2/c1-19-14-21(7-8-22(19)16-30-25(35)15-20-9-12-29-13-10-20)27(36)34-18-23-17-31-33(3)26(23)32-24-6-4-5-11-28(24,34)2/h4-8,14,17,20,29,32H,9-13,15-16,18H2,1-3H3,(H,30,35). The summed E-state index contributed by atoms with van der Waals surface area (Å²) in [7, 11) is 1.91. The van der Waals surface area contributed by atoms with Gasteiger partial charge in [0.1, 0.15) is 5.82 Å². The predicted octanol–water partition coefficient (Wildman–Crippen LogP) is 3.40. The van der Waals surface area contributed by atoms with E-state index in [0.717, 1.165) is 60.6 Å². The molecule has 0 saturated carbocycles. The van der Waals surface area contributed by atoms with Gasteiger partial charge in [-0.3, -0.25) is 14.3 Å². The third kappa shape index (κ3) is 4.69. The Bertz CT molecular complexity index is 1220. The van der Waals surface area contributed by atoms with Gasteiger partial charge >= 0.3 is 0 Å². The molecule has 8 nitrogen and oxygen atoms in total. The van der Waals surface area contributed by atoms with Crippen LogP contribution in [-0.4, -0.2) is 45.1 Å². The second-order valence-electron chi connectivity index (χ2n) is 10.5. The number of nitrogens with one attached hydrogen (secondary N) is 3. The number of benzene rings is 1. The molecular weight excluding hydrogens is 452 g/mol. The van der Waals surface area contributed by atoms with Crippen molar-refractivity contribution < 1.29 is 9.59 Å². The normalized spacial score (nSPS) is 21.6. The monoisotopic (exact) mass is 488 g/mol. The first-order valence-corrected chi connectivity index (χ1v) is 12.9. The summed E-state index contributed by atoms with van der Waals surface area (Å²) in [5.74, 6) is 1.47. The predicted molar refractivity (Wildman–Crippen MR) is 140 cm³/mol. The third-order valence-corrected chi connectivity index (χ3v) is 7.93. The lowest BCUT2D eigenvalue weighted by atomic mass is 9.87. The largest absolute Gasteiger partial charge is 0.352 e. The van der Waals surface area contributed by atoms with Gasteiger partial charge in [-0.25, -0.2) is 0 Å². The van der Waals surface area contributed by atoms with Crippen LogP contribution in [0, 0.1) is 12.8 Å². The first kappa shape index (κ1) is 24.3. The fraction of sp³-hybridized carbons (Fsp3) is 0.464. The van der Waals surface area contributed by atoms with Crippen LogP contribution in [0.15, 0.2) is 48.3 Å². The number of rotatable bonds is 5. The molecule has 8 heteroatoms. The van der Waals surface area contributed by atoms with E-state index >= 15 is 0 Å². The first-order chi connectivity index (χ1) is 17.3. The number of fused-ring (bicyclic) bond motifs is 2. The molecule has 190 valence electrons. The zero-order valence-corrected chi connectivity index (χ0v) is 21.4. The van der Waals surface area contributed by atoms with Crippen molar-refractivity contribution in [2.24, 2.45) is 13.0 Å². The summed E-state index contributed by atoms with van der Waals surface area (Å²) in [4.78, 5) is 28.3. The molecule has 3 N–H and O–H groups in total. The number of hydrogen-bond acceptors (Lipinski definition) is 5. The van der Waals surface area contributed by atoms with Gasteiger partial charge in [0.05, 0.1) is 18.3 Å². The van der Waals surface area contributed by atoms with Gasteiger partial charge in [-0.05, 0) is 81.5 Å². The van der Waals surface area contributed by atoms with Crippen LogP contribution in [0.3, 0.4) is 0 Å². The average molecular weight is 489 g/mol. The number of allylic oxidation sites excluding steroid dienone is 2. The second kappa shape index (κ2) is 9.93. The maximum Gasteiger partial charge on any atom is 0.254 e. The number of amides is 2. The van der Waals surface area contributed by atoms with Crippen molar-refractivity contribution in [1.29, 1.82) is 0 Å². The average Bonchev–Trinajstić information content (AvgIpc) is 3.14. The Balaban J connectivity index is 1.32. The molecule has 0 radical (unpaired) electrons. The molecule has 5 rings (SSSR count). The molecule has 1 aliphatic carbocycles. The highest BCUT2D eigenvalue weighted by Crippen LogP contribution is 2.39. The molecule has 2 aromatic rings. The minimum Gasteiger partial charge on any atom is -0.352 e. The Morgan fingerprint density at radius 2 is 2.06 bits per heavy atom. The zero-order chi connectivity index (χ0) is 25.3. The number of carbonyl (C=O) groups excluding carboxylic acids is 2. The highest BCUT2D eigenvalue weighted by molar-refractivity contribution is 5.95. The number of hydrogen-bond donors (Lipinski definition) is 3. The lowest BCUT2D eigenvalue weighted by Crippen LogP contribution is -2.51. The fourth-order valence-electron chi connectivity index (χ4n) is 5.51. The van der Waals surface area contributed by atoms with Crippen LogP contribution < -0.4 is 16.0 Å². The second-order valence-corrected chi connectivity index (χ2v) is 10.5. The van der Waals surface area contributed by atoms with Crippen LogP contribution in [0.25, 0.3) is 0 Å². The molecule has 1 fully saturated rings. The minimum absolute atomic E-state index is 0.0122. The van der Waals surface area contributed by atoms with Gasteiger partial charge < -0.3 is 20.9 Å². The first-order valence-electron chi connectivity index (χ1n) is 12.9. The van der Waals surface area contributed by atoms with Crippen LogP contribution in [0.1, 0.15) is 59.7 Å². The molecule has 2 aliphatic heterocycles. The molecule has 2 amide bonds. The van der Waals surface area contributed by atoms with Crippen LogP contribution in [0.5, 0.6) is 0 Å². The van der Waals surface area contributed by atoms with Crippen molar-refractivity contribution in [1.82, 2.24) is 25.3 Å². The molecule has 1 unspecified atom stereocenters. The zero-order valence-electron chi connectivity index (χ0n) is 21.4. The van der Waals surface area contributed by atoms with Gasteiger partial charge in [0, 0.05) is 36.8 Å². The Hall–Kier alpha value is -3.39. The molecule has 3 heterocycles. The van der Waals surface area contributed by atoms with Gasteiger partial charge in [-0.1, -0.05) is 18.2 Å². The Labute approximate surface area is 212 Å². The van der Waals surface area contributed by atoms with Gasteiger partial charge in [-0.15, -0.1) is 0 Å². The number of anilines is 1. The number of carbonyl (C=O) groups is 2. The van der Waals surface area contributed by atoms with E-state index in [2.05, 4.69) is 34.0 Å². The lowest BCUT2D eigenvalue weighted by molar-refractivity contribution is -0.122. The summed E-state index contributed by atoms with van der Waals surface area (Å²) >= 11 is 0. The van der Waals surface area contributed by atoms with E-state index < -0.39 is 5.54 Å². The van der Waals surface area contributed by atoms with Crippen molar-refractivity contribution >= 4 is 17.6 Å². The molecule has 0 bridgehead atoms. The van der Waals surface area contributed by atoms with Gasteiger partial charge in [-0.2, -0.15) is 5.10 Å². The van der Waals surface area contributed by atoms with E-state index in [1.54, 1.807) is 0 Å². The highest BCUT2D eigenvalue weighted by atomic mass is 16.2. The topological polar surface area (TPSA) is 91.3 Å². The van der Waals surface area contributed by atoms with Gasteiger partial charge in [0.15, 0.2) is 0 Å². The summed E-state index contributed by atoms with van der Waals surface area (Å²) in [6.07, 6.45) is 11.5. The van der Waals surface area contributed by atoms with E-state index in [4.69, 9.17) is 0 Å². The van der Waals surface area contributed by atoms with Crippen molar-refractivity contribution in [3.05, 3.63) is 70.6 Å². The minimum atomic E-state index is -0.486. The highest BCUT2D eigenvalue weighted by Gasteiger charge is 2.42.